The number of carbonyl (C=O) groups excluding carboxylic acids is 1. The summed E-state index contributed by atoms with van der Waals surface area (Å²) in [5, 5.41) is 12.4. The summed E-state index contributed by atoms with van der Waals surface area (Å²) in [6.45, 7) is 1.71. The molecular weight excluding hydrogens is 332 g/mol. The molecule has 126 valence electrons. The fourth-order valence-electron chi connectivity index (χ4n) is 2.48. The van der Waals surface area contributed by atoms with Crippen molar-refractivity contribution in [2.75, 3.05) is 0 Å². The number of carboxylic acid groups (broad SMARTS) is 1. The number of aliphatic carboxylic acids is 1. The van der Waals surface area contributed by atoms with Crippen LogP contribution in [0.4, 0.5) is 0 Å². The Hall–Kier alpha value is -2.34. The van der Waals surface area contributed by atoms with E-state index in [4.69, 9.17) is 21.1 Å². The monoisotopic (exact) mass is 348 g/mol. The normalized spacial score (nSPS) is 15.1. The first-order valence-corrected chi connectivity index (χ1v) is 8.07. The lowest BCUT2D eigenvalue weighted by atomic mass is 10.0. The molecule has 0 unspecified atom stereocenters. The second-order valence-electron chi connectivity index (χ2n) is 5.92. The summed E-state index contributed by atoms with van der Waals surface area (Å²) < 4.78 is 5.57. The second-order valence-corrected chi connectivity index (χ2v) is 6.35. The molecule has 3 rings (SSSR count). The molecule has 0 radical (unpaired) electrons. The highest BCUT2D eigenvalue weighted by Gasteiger charge is 2.31. The standard InChI is InChI=1S/C17H17ClN2O4/c1-9-15(24-17(19-9)11-2-3-11)16(23)20-13(8-14(21)22)10-4-6-12(18)7-5-10/h4-7,11,13H,2-3,8H2,1H3,(H,20,23)(H,21,22)/t13-/m0/s1. The van der Waals surface area contributed by atoms with Gasteiger partial charge in [0.1, 0.15) is 0 Å². The first-order valence-electron chi connectivity index (χ1n) is 7.69. The molecule has 1 amide bonds. The van der Waals surface area contributed by atoms with Gasteiger partial charge in [-0.15, -0.1) is 0 Å². The van der Waals surface area contributed by atoms with Gasteiger partial charge in [0, 0.05) is 10.9 Å². The zero-order valence-electron chi connectivity index (χ0n) is 13.1. The largest absolute Gasteiger partial charge is 0.481 e. The van der Waals surface area contributed by atoms with Crippen molar-refractivity contribution in [1.82, 2.24) is 10.3 Å². The SMILES string of the molecule is Cc1nc(C2CC2)oc1C(=O)N[C@@H](CC(=O)O)c1ccc(Cl)cc1. The molecule has 1 aliphatic carbocycles. The Balaban J connectivity index is 1.79. The molecule has 1 fully saturated rings. The summed E-state index contributed by atoms with van der Waals surface area (Å²) >= 11 is 5.86. The van der Waals surface area contributed by atoms with Crippen LogP contribution < -0.4 is 5.32 Å². The number of nitrogens with zero attached hydrogens (tertiary/aromatic N) is 1. The van der Waals surface area contributed by atoms with Crippen molar-refractivity contribution in [3.63, 3.8) is 0 Å². The molecule has 1 atom stereocenters. The lowest BCUT2D eigenvalue weighted by molar-refractivity contribution is -0.137. The molecule has 1 saturated carbocycles. The van der Waals surface area contributed by atoms with Gasteiger partial charge in [0.25, 0.3) is 5.91 Å². The minimum absolute atomic E-state index is 0.140. The highest BCUT2D eigenvalue weighted by molar-refractivity contribution is 6.30. The average molecular weight is 349 g/mol. The fraction of sp³-hybridized carbons (Fsp3) is 0.353. The zero-order valence-corrected chi connectivity index (χ0v) is 13.8. The van der Waals surface area contributed by atoms with Gasteiger partial charge in [0.05, 0.1) is 18.2 Å². The van der Waals surface area contributed by atoms with Crippen molar-refractivity contribution in [1.29, 1.82) is 0 Å². The maximum atomic E-state index is 12.5. The zero-order chi connectivity index (χ0) is 17.3. The topological polar surface area (TPSA) is 92.4 Å². The van der Waals surface area contributed by atoms with Crippen molar-refractivity contribution in [2.45, 2.75) is 38.1 Å². The van der Waals surface area contributed by atoms with Gasteiger partial charge in [-0.2, -0.15) is 0 Å². The number of hydrogen-bond acceptors (Lipinski definition) is 4. The van der Waals surface area contributed by atoms with Crippen LogP contribution in [0.25, 0.3) is 0 Å². The van der Waals surface area contributed by atoms with Crippen LogP contribution in [0.3, 0.4) is 0 Å². The van der Waals surface area contributed by atoms with E-state index in [1.54, 1.807) is 31.2 Å². The second kappa shape index (κ2) is 6.65. The third-order valence-corrected chi connectivity index (χ3v) is 4.15. The van der Waals surface area contributed by atoms with Crippen LogP contribution in [-0.4, -0.2) is 22.0 Å². The minimum atomic E-state index is -1.01. The van der Waals surface area contributed by atoms with E-state index in [1.165, 1.54) is 0 Å². The number of benzene rings is 1. The number of carbonyl (C=O) groups is 2. The molecule has 0 bridgehead atoms. The Bertz CT molecular complexity index is 765. The number of nitrogens with one attached hydrogen (secondary N) is 1. The van der Waals surface area contributed by atoms with Crippen molar-refractivity contribution in [2.24, 2.45) is 0 Å². The van der Waals surface area contributed by atoms with E-state index in [0.717, 1.165) is 12.8 Å². The maximum Gasteiger partial charge on any atom is 0.305 e. The van der Waals surface area contributed by atoms with Gasteiger partial charge < -0.3 is 14.8 Å². The summed E-state index contributed by atoms with van der Waals surface area (Å²) in [7, 11) is 0. The molecule has 1 aromatic carbocycles. The molecule has 0 spiro atoms. The van der Waals surface area contributed by atoms with Crippen LogP contribution in [-0.2, 0) is 4.79 Å². The molecule has 2 aromatic rings. The van der Waals surface area contributed by atoms with Gasteiger partial charge in [-0.3, -0.25) is 9.59 Å². The maximum absolute atomic E-state index is 12.5. The number of halogens is 1. The third-order valence-electron chi connectivity index (χ3n) is 3.90. The summed E-state index contributed by atoms with van der Waals surface area (Å²) in [5.41, 5.74) is 1.18. The van der Waals surface area contributed by atoms with E-state index in [-0.39, 0.29) is 12.2 Å². The molecule has 1 heterocycles. The van der Waals surface area contributed by atoms with E-state index < -0.39 is 17.9 Å². The van der Waals surface area contributed by atoms with Crippen LogP contribution >= 0.6 is 11.6 Å². The molecule has 0 aliphatic heterocycles. The predicted molar refractivity (Wildman–Crippen MR) is 87.1 cm³/mol. The van der Waals surface area contributed by atoms with Gasteiger partial charge >= 0.3 is 5.97 Å². The smallest absolute Gasteiger partial charge is 0.305 e. The van der Waals surface area contributed by atoms with Crippen molar-refractivity contribution in [3.05, 3.63) is 52.2 Å². The molecule has 24 heavy (non-hydrogen) atoms. The van der Waals surface area contributed by atoms with Crippen molar-refractivity contribution >= 4 is 23.5 Å². The highest BCUT2D eigenvalue weighted by Crippen LogP contribution is 2.40. The molecular formula is C17H17ClN2O4. The molecule has 0 saturated heterocycles. The number of hydrogen-bond donors (Lipinski definition) is 2. The number of amides is 1. The Morgan fingerprint density at radius 3 is 2.62 bits per heavy atom. The Morgan fingerprint density at radius 2 is 2.04 bits per heavy atom. The Labute approximate surface area is 143 Å². The highest BCUT2D eigenvalue weighted by atomic mass is 35.5. The lowest BCUT2D eigenvalue weighted by Crippen LogP contribution is -2.30. The molecule has 1 aromatic heterocycles. The van der Waals surface area contributed by atoms with E-state index in [1.807, 2.05) is 0 Å². The first kappa shape index (κ1) is 16.5. The number of carboxylic acids is 1. The molecule has 6 nitrogen and oxygen atoms in total. The third kappa shape index (κ3) is 3.76. The Kier molecular flexibility index (Phi) is 4.57. The number of rotatable bonds is 6. The van der Waals surface area contributed by atoms with Gasteiger partial charge in [0.15, 0.2) is 5.89 Å². The predicted octanol–water partition coefficient (Wildman–Crippen LogP) is 3.46. The van der Waals surface area contributed by atoms with Crippen LogP contribution in [0.15, 0.2) is 28.7 Å². The van der Waals surface area contributed by atoms with E-state index in [9.17, 15) is 9.59 Å². The number of aromatic nitrogens is 1. The summed E-state index contributed by atoms with van der Waals surface area (Å²) in [6.07, 6.45) is 1.80. The van der Waals surface area contributed by atoms with Crippen LogP contribution in [0, 0.1) is 6.92 Å². The van der Waals surface area contributed by atoms with Gasteiger partial charge in [-0.25, -0.2) is 4.98 Å². The van der Waals surface area contributed by atoms with Gasteiger partial charge in [-0.1, -0.05) is 23.7 Å². The Morgan fingerprint density at radius 1 is 1.38 bits per heavy atom. The van der Waals surface area contributed by atoms with Crippen LogP contribution in [0.5, 0.6) is 0 Å². The van der Waals surface area contributed by atoms with Crippen molar-refractivity contribution < 1.29 is 19.1 Å². The molecule has 2 N–H and O–H groups in total. The van der Waals surface area contributed by atoms with E-state index in [2.05, 4.69) is 10.3 Å². The van der Waals surface area contributed by atoms with Crippen molar-refractivity contribution in [3.8, 4) is 0 Å². The van der Waals surface area contributed by atoms with Crippen LogP contribution in [0.1, 0.15) is 58.9 Å². The summed E-state index contributed by atoms with van der Waals surface area (Å²) in [4.78, 5) is 27.9. The number of oxazole rings is 1. The van der Waals surface area contributed by atoms with E-state index in [0.29, 0.717) is 28.1 Å². The first-order chi connectivity index (χ1) is 11.4. The average Bonchev–Trinajstić information content (AvgIpc) is 3.29. The number of aryl methyl sites for hydroxylation is 1. The summed E-state index contributed by atoms with van der Waals surface area (Å²) in [5.74, 6) is -0.451. The van der Waals surface area contributed by atoms with Crippen LogP contribution in [0.2, 0.25) is 5.02 Å². The van der Waals surface area contributed by atoms with E-state index >= 15 is 0 Å². The molecule has 7 heteroatoms. The fourth-order valence-corrected chi connectivity index (χ4v) is 2.60. The minimum Gasteiger partial charge on any atom is -0.481 e. The quantitative estimate of drug-likeness (QED) is 0.834. The molecule has 1 aliphatic rings. The summed E-state index contributed by atoms with van der Waals surface area (Å²) in [6, 6.07) is 6.02. The lowest BCUT2D eigenvalue weighted by Gasteiger charge is -2.17. The van der Waals surface area contributed by atoms with Gasteiger partial charge in [-0.05, 0) is 37.5 Å². The van der Waals surface area contributed by atoms with Gasteiger partial charge in [0.2, 0.25) is 5.76 Å².